The maximum atomic E-state index is 12.6. The van der Waals surface area contributed by atoms with Gasteiger partial charge in [-0.1, -0.05) is 6.07 Å². The first-order valence-corrected chi connectivity index (χ1v) is 6.68. The molecule has 20 heavy (non-hydrogen) atoms. The van der Waals surface area contributed by atoms with Crippen LogP contribution in [0, 0.1) is 0 Å². The molecule has 0 saturated carbocycles. The monoisotopic (exact) mass is 294 g/mol. The van der Waals surface area contributed by atoms with E-state index >= 15 is 0 Å². The fourth-order valence-electron chi connectivity index (χ4n) is 2.72. The molecule has 1 atom stereocenters. The summed E-state index contributed by atoms with van der Waals surface area (Å²) in [6.45, 7) is 1.62. The first kappa shape index (κ1) is 14.8. The number of rotatable bonds is 2. The second kappa shape index (κ2) is 6.24. The molecule has 1 saturated heterocycles. The Hall–Kier alpha value is -1.59. The Morgan fingerprint density at radius 1 is 1.50 bits per heavy atom. The molecule has 1 fully saturated rings. The van der Waals surface area contributed by atoms with E-state index in [0.29, 0.717) is 6.04 Å². The number of carbonyl (C=O) groups excluding carboxylic acids is 1. The Balaban J connectivity index is 0.00000147. The molecule has 2 heterocycles. The van der Waals surface area contributed by atoms with Crippen molar-refractivity contribution in [2.45, 2.75) is 18.9 Å². The van der Waals surface area contributed by atoms with Crippen LogP contribution in [0.2, 0.25) is 0 Å². The van der Waals surface area contributed by atoms with Crippen LogP contribution in [0.3, 0.4) is 0 Å². The van der Waals surface area contributed by atoms with Crippen molar-refractivity contribution in [1.82, 2.24) is 20.4 Å². The van der Waals surface area contributed by atoms with Crippen LogP contribution in [0.5, 0.6) is 0 Å². The van der Waals surface area contributed by atoms with Gasteiger partial charge in [0, 0.05) is 24.5 Å². The third-order valence-corrected chi connectivity index (χ3v) is 3.83. The van der Waals surface area contributed by atoms with Gasteiger partial charge in [0.25, 0.3) is 5.91 Å². The summed E-state index contributed by atoms with van der Waals surface area (Å²) in [5.41, 5.74) is 1.65. The quantitative estimate of drug-likeness (QED) is 0.888. The van der Waals surface area contributed by atoms with Crippen LogP contribution < -0.4 is 5.32 Å². The zero-order valence-corrected chi connectivity index (χ0v) is 12.2. The molecule has 1 aromatic heterocycles. The standard InChI is InChI=1S/C14H18N4O.ClH/c1-15-10-4-3-7-18(9-10)14(19)11-5-2-6-13-12(11)8-16-17-13;/h2,5-6,8,10,15H,3-4,7,9H2,1H3,(H,16,17);1H. The van der Waals surface area contributed by atoms with Crippen molar-refractivity contribution in [2.75, 3.05) is 20.1 Å². The van der Waals surface area contributed by atoms with Gasteiger partial charge >= 0.3 is 0 Å². The summed E-state index contributed by atoms with van der Waals surface area (Å²) in [5, 5.41) is 11.1. The highest BCUT2D eigenvalue weighted by molar-refractivity contribution is 6.06. The molecule has 5 nitrogen and oxygen atoms in total. The Morgan fingerprint density at radius 3 is 3.15 bits per heavy atom. The van der Waals surface area contributed by atoms with Crippen LogP contribution in [-0.2, 0) is 0 Å². The summed E-state index contributed by atoms with van der Waals surface area (Å²) in [4.78, 5) is 14.6. The fourth-order valence-corrected chi connectivity index (χ4v) is 2.72. The molecular weight excluding hydrogens is 276 g/mol. The number of nitrogens with one attached hydrogen (secondary N) is 2. The third kappa shape index (κ3) is 2.64. The molecule has 0 spiro atoms. The average molecular weight is 295 g/mol. The molecule has 108 valence electrons. The number of likely N-dealkylation sites (tertiary alicyclic amines) is 1. The van der Waals surface area contributed by atoms with Gasteiger partial charge < -0.3 is 10.2 Å². The lowest BCUT2D eigenvalue weighted by Gasteiger charge is -2.32. The van der Waals surface area contributed by atoms with Crippen molar-refractivity contribution in [2.24, 2.45) is 0 Å². The topological polar surface area (TPSA) is 61.0 Å². The van der Waals surface area contributed by atoms with E-state index in [9.17, 15) is 4.79 Å². The van der Waals surface area contributed by atoms with Crippen LogP contribution >= 0.6 is 12.4 Å². The normalized spacial score (nSPS) is 18.9. The van der Waals surface area contributed by atoms with E-state index in [0.717, 1.165) is 42.4 Å². The van der Waals surface area contributed by atoms with Crippen LogP contribution in [0.15, 0.2) is 24.4 Å². The second-order valence-electron chi connectivity index (χ2n) is 5.02. The highest BCUT2D eigenvalue weighted by Crippen LogP contribution is 2.20. The summed E-state index contributed by atoms with van der Waals surface area (Å²) in [6.07, 6.45) is 3.91. The molecule has 0 bridgehead atoms. The smallest absolute Gasteiger partial charge is 0.254 e. The van der Waals surface area contributed by atoms with Gasteiger partial charge in [-0.25, -0.2) is 0 Å². The number of piperidine rings is 1. The van der Waals surface area contributed by atoms with E-state index in [4.69, 9.17) is 0 Å². The first-order chi connectivity index (χ1) is 9.29. The number of H-pyrrole nitrogens is 1. The zero-order chi connectivity index (χ0) is 13.2. The van der Waals surface area contributed by atoms with Crippen LogP contribution in [0.25, 0.3) is 10.9 Å². The molecule has 1 unspecified atom stereocenters. The molecule has 2 N–H and O–H groups in total. The van der Waals surface area contributed by atoms with E-state index in [-0.39, 0.29) is 18.3 Å². The van der Waals surface area contributed by atoms with Gasteiger partial charge in [0.1, 0.15) is 0 Å². The number of amides is 1. The van der Waals surface area contributed by atoms with Gasteiger partial charge in [-0.3, -0.25) is 9.89 Å². The van der Waals surface area contributed by atoms with E-state index in [2.05, 4.69) is 15.5 Å². The Kier molecular flexibility index (Phi) is 4.62. The predicted octanol–water partition coefficient (Wildman–Crippen LogP) is 1.81. The minimum Gasteiger partial charge on any atom is -0.337 e. The third-order valence-electron chi connectivity index (χ3n) is 3.83. The minimum absolute atomic E-state index is 0. The number of hydrogen-bond donors (Lipinski definition) is 2. The molecule has 1 amide bonds. The maximum Gasteiger partial charge on any atom is 0.254 e. The molecule has 0 radical (unpaired) electrons. The molecule has 1 aliphatic heterocycles. The van der Waals surface area contributed by atoms with Crippen molar-refractivity contribution in [1.29, 1.82) is 0 Å². The van der Waals surface area contributed by atoms with Crippen molar-refractivity contribution in [3.05, 3.63) is 30.0 Å². The number of halogens is 1. The highest BCUT2D eigenvalue weighted by Gasteiger charge is 2.24. The molecular formula is C14H19ClN4O. The molecule has 1 aromatic carbocycles. The van der Waals surface area contributed by atoms with Gasteiger partial charge in [-0.05, 0) is 32.0 Å². The van der Waals surface area contributed by atoms with E-state index < -0.39 is 0 Å². The van der Waals surface area contributed by atoms with Gasteiger partial charge in [0.05, 0.1) is 17.3 Å². The molecule has 1 aliphatic rings. The van der Waals surface area contributed by atoms with Crippen molar-refractivity contribution < 1.29 is 4.79 Å². The molecule has 6 heteroatoms. The number of benzene rings is 1. The number of hydrogen-bond acceptors (Lipinski definition) is 3. The zero-order valence-electron chi connectivity index (χ0n) is 11.4. The summed E-state index contributed by atoms with van der Waals surface area (Å²) in [5.74, 6) is 0.104. The summed E-state index contributed by atoms with van der Waals surface area (Å²) >= 11 is 0. The Morgan fingerprint density at radius 2 is 2.35 bits per heavy atom. The fraction of sp³-hybridized carbons (Fsp3) is 0.429. The number of aromatic amines is 1. The largest absolute Gasteiger partial charge is 0.337 e. The highest BCUT2D eigenvalue weighted by atomic mass is 35.5. The predicted molar refractivity (Wildman–Crippen MR) is 81.3 cm³/mol. The van der Waals surface area contributed by atoms with Crippen LogP contribution in [-0.4, -0.2) is 47.2 Å². The Labute approximate surface area is 124 Å². The SMILES string of the molecule is CNC1CCCN(C(=O)c2cccc3[nH]ncc23)C1.Cl. The number of aromatic nitrogens is 2. The van der Waals surface area contributed by atoms with Gasteiger partial charge in [-0.15, -0.1) is 12.4 Å². The summed E-state index contributed by atoms with van der Waals surface area (Å²) in [6, 6.07) is 6.11. The molecule has 3 rings (SSSR count). The maximum absolute atomic E-state index is 12.6. The lowest BCUT2D eigenvalue weighted by molar-refractivity contribution is 0.0700. The van der Waals surface area contributed by atoms with E-state index in [1.165, 1.54) is 0 Å². The van der Waals surface area contributed by atoms with Crippen LogP contribution in [0.4, 0.5) is 0 Å². The van der Waals surface area contributed by atoms with Crippen LogP contribution in [0.1, 0.15) is 23.2 Å². The Bertz CT molecular complexity index is 598. The number of nitrogens with zero attached hydrogens (tertiary/aromatic N) is 2. The second-order valence-corrected chi connectivity index (χ2v) is 5.02. The van der Waals surface area contributed by atoms with Crippen molar-refractivity contribution in [3.63, 3.8) is 0 Å². The molecule has 0 aliphatic carbocycles. The minimum atomic E-state index is 0. The van der Waals surface area contributed by atoms with Gasteiger partial charge in [0.2, 0.25) is 0 Å². The number of likely N-dealkylation sites (N-methyl/N-ethyl adjacent to an activating group) is 1. The lowest BCUT2D eigenvalue weighted by Crippen LogP contribution is -2.47. The number of fused-ring (bicyclic) bond motifs is 1. The first-order valence-electron chi connectivity index (χ1n) is 6.68. The average Bonchev–Trinajstić information content (AvgIpc) is 2.95. The van der Waals surface area contributed by atoms with Crippen molar-refractivity contribution in [3.8, 4) is 0 Å². The van der Waals surface area contributed by atoms with Gasteiger partial charge in [0.15, 0.2) is 0 Å². The summed E-state index contributed by atoms with van der Waals surface area (Å²) < 4.78 is 0. The summed E-state index contributed by atoms with van der Waals surface area (Å²) in [7, 11) is 1.95. The van der Waals surface area contributed by atoms with Crippen molar-refractivity contribution >= 4 is 29.2 Å². The lowest BCUT2D eigenvalue weighted by atomic mass is 10.0. The molecule has 2 aromatic rings. The van der Waals surface area contributed by atoms with Gasteiger partial charge in [-0.2, -0.15) is 5.10 Å². The van der Waals surface area contributed by atoms with E-state index in [1.54, 1.807) is 6.20 Å². The van der Waals surface area contributed by atoms with E-state index in [1.807, 2.05) is 30.1 Å². The number of carbonyl (C=O) groups is 1.